The molecule has 0 saturated heterocycles. The first-order chi connectivity index (χ1) is 12.2. The fourth-order valence-electron chi connectivity index (χ4n) is 2.26. The third kappa shape index (κ3) is 4.55. The van der Waals surface area contributed by atoms with E-state index in [0.29, 0.717) is 29.3 Å². The molecule has 0 radical (unpaired) electrons. The van der Waals surface area contributed by atoms with Crippen LogP contribution in [0.3, 0.4) is 0 Å². The van der Waals surface area contributed by atoms with Gasteiger partial charge in [-0.05, 0) is 30.3 Å². The molecular formula is C18H16ClN3O2S. The number of pyridine rings is 1. The van der Waals surface area contributed by atoms with Gasteiger partial charge in [0.2, 0.25) is 5.91 Å². The minimum Gasteiger partial charge on any atom is -0.495 e. The molecule has 128 valence electrons. The molecule has 1 N–H and O–H groups in total. The van der Waals surface area contributed by atoms with Crippen LogP contribution < -0.4 is 10.1 Å². The molecule has 2 aromatic heterocycles. The number of amides is 1. The van der Waals surface area contributed by atoms with Crippen LogP contribution in [0.1, 0.15) is 11.4 Å². The fraction of sp³-hybridized carbons (Fsp3) is 0.167. The molecule has 0 bridgehead atoms. The number of carbonyl (C=O) groups excluding carboxylic acids is 1. The zero-order valence-electron chi connectivity index (χ0n) is 13.5. The molecular weight excluding hydrogens is 358 g/mol. The lowest BCUT2D eigenvalue weighted by Crippen LogP contribution is -2.12. The summed E-state index contributed by atoms with van der Waals surface area (Å²) in [5, 5.41) is 6.19. The number of hydrogen-bond donors (Lipinski definition) is 1. The van der Waals surface area contributed by atoms with Gasteiger partial charge in [-0.3, -0.25) is 9.78 Å². The van der Waals surface area contributed by atoms with Crippen LogP contribution in [0.5, 0.6) is 5.75 Å². The number of ether oxygens (including phenoxy) is 1. The van der Waals surface area contributed by atoms with Crippen molar-refractivity contribution in [2.24, 2.45) is 0 Å². The van der Waals surface area contributed by atoms with Crippen LogP contribution in [-0.2, 0) is 11.2 Å². The molecule has 0 unspecified atom stereocenters. The lowest BCUT2D eigenvalue weighted by Gasteiger charge is -2.07. The summed E-state index contributed by atoms with van der Waals surface area (Å²) >= 11 is 7.60. The van der Waals surface area contributed by atoms with Gasteiger partial charge in [-0.2, -0.15) is 0 Å². The summed E-state index contributed by atoms with van der Waals surface area (Å²) in [5.74, 6) is 0.491. The average molecular weight is 374 g/mol. The van der Waals surface area contributed by atoms with E-state index in [9.17, 15) is 4.79 Å². The SMILES string of the molecule is COc1ccc(NC(=O)CCc2nc(-c3cccnc3)cs2)cc1Cl. The Balaban J connectivity index is 1.56. The molecule has 25 heavy (non-hydrogen) atoms. The van der Waals surface area contributed by atoms with Crippen LogP contribution in [0.4, 0.5) is 5.69 Å². The van der Waals surface area contributed by atoms with Crippen molar-refractivity contribution in [2.45, 2.75) is 12.8 Å². The van der Waals surface area contributed by atoms with Crippen molar-refractivity contribution in [3.63, 3.8) is 0 Å². The number of methoxy groups -OCH3 is 1. The fourth-order valence-corrected chi connectivity index (χ4v) is 3.33. The van der Waals surface area contributed by atoms with Gasteiger partial charge in [-0.15, -0.1) is 11.3 Å². The quantitative estimate of drug-likeness (QED) is 0.693. The second-order valence-corrected chi connectivity index (χ2v) is 6.62. The highest BCUT2D eigenvalue weighted by Gasteiger charge is 2.09. The van der Waals surface area contributed by atoms with Gasteiger partial charge in [0.1, 0.15) is 5.75 Å². The van der Waals surface area contributed by atoms with Gasteiger partial charge in [0.25, 0.3) is 0 Å². The minimum absolute atomic E-state index is 0.0839. The molecule has 2 heterocycles. The lowest BCUT2D eigenvalue weighted by atomic mass is 10.2. The van der Waals surface area contributed by atoms with E-state index in [1.165, 1.54) is 0 Å². The zero-order chi connectivity index (χ0) is 17.6. The van der Waals surface area contributed by atoms with Crippen molar-refractivity contribution in [3.8, 4) is 17.0 Å². The Hall–Kier alpha value is -2.44. The summed E-state index contributed by atoms with van der Waals surface area (Å²) in [7, 11) is 1.55. The molecule has 1 amide bonds. The van der Waals surface area contributed by atoms with Crippen LogP contribution in [0, 0.1) is 0 Å². The van der Waals surface area contributed by atoms with Gasteiger partial charge in [-0.1, -0.05) is 11.6 Å². The van der Waals surface area contributed by atoms with Gasteiger partial charge in [0.15, 0.2) is 0 Å². The maximum atomic E-state index is 12.1. The first-order valence-electron chi connectivity index (χ1n) is 7.64. The van der Waals surface area contributed by atoms with Gasteiger partial charge < -0.3 is 10.1 Å². The Morgan fingerprint density at radius 3 is 2.96 bits per heavy atom. The van der Waals surface area contributed by atoms with Crippen molar-refractivity contribution in [1.29, 1.82) is 0 Å². The van der Waals surface area contributed by atoms with E-state index in [1.807, 2.05) is 17.5 Å². The lowest BCUT2D eigenvalue weighted by molar-refractivity contribution is -0.116. The van der Waals surface area contributed by atoms with Gasteiger partial charge >= 0.3 is 0 Å². The van der Waals surface area contributed by atoms with Crippen molar-refractivity contribution in [2.75, 3.05) is 12.4 Å². The minimum atomic E-state index is -0.0839. The predicted octanol–water partition coefficient (Wildman–Crippen LogP) is 4.44. The Morgan fingerprint density at radius 2 is 2.24 bits per heavy atom. The Kier molecular flexibility index (Phi) is 5.63. The molecule has 0 saturated carbocycles. The number of aromatic nitrogens is 2. The summed E-state index contributed by atoms with van der Waals surface area (Å²) in [6.45, 7) is 0. The van der Waals surface area contributed by atoms with Crippen LogP contribution in [0.25, 0.3) is 11.3 Å². The Bertz CT molecular complexity index is 868. The molecule has 3 rings (SSSR count). The summed E-state index contributed by atoms with van der Waals surface area (Å²) in [5.41, 5.74) is 2.50. The molecule has 0 aliphatic heterocycles. The predicted molar refractivity (Wildman–Crippen MR) is 100 cm³/mol. The van der Waals surface area contributed by atoms with Crippen LogP contribution >= 0.6 is 22.9 Å². The summed E-state index contributed by atoms with van der Waals surface area (Å²) in [4.78, 5) is 20.8. The zero-order valence-corrected chi connectivity index (χ0v) is 15.1. The number of benzene rings is 1. The van der Waals surface area contributed by atoms with E-state index in [-0.39, 0.29) is 5.91 Å². The number of nitrogens with zero attached hydrogens (tertiary/aromatic N) is 2. The average Bonchev–Trinajstić information content (AvgIpc) is 3.10. The number of hydrogen-bond acceptors (Lipinski definition) is 5. The highest BCUT2D eigenvalue weighted by atomic mass is 35.5. The van der Waals surface area contributed by atoms with E-state index in [2.05, 4.69) is 15.3 Å². The highest BCUT2D eigenvalue weighted by molar-refractivity contribution is 7.09. The summed E-state index contributed by atoms with van der Waals surface area (Å²) < 4.78 is 5.09. The third-order valence-corrected chi connectivity index (χ3v) is 4.71. The molecule has 0 aliphatic rings. The number of rotatable bonds is 6. The van der Waals surface area contributed by atoms with E-state index in [4.69, 9.17) is 16.3 Å². The van der Waals surface area contributed by atoms with Gasteiger partial charge in [0, 0.05) is 41.9 Å². The largest absolute Gasteiger partial charge is 0.495 e. The summed E-state index contributed by atoms with van der Waals surface area (Å²) in [6, 6.07) is 8.99. The third-order valence-electron chi connectivity index (χ3n) is 3.51. The van der Waals surface area contributed by atoms with Gasteiger partial charge in [0.05, 0.1) is 22.8 Å². The van der Waals surface area contributed by atoms with Gasteiger partial charge in [-0.25, -0.2) is 4.98 Å². The monoisotopic (exact) mass is 373 g/mol. The van der Waals surface area contributed by atoms with E-state index >= 15 is 0 Å². The highest BCUT2D eigenvalue weighted by Crippen LogP contribution is 2.27. The van der Waals surface area contributed by atoms with E-state index in [1.54, 1.807) is 49.0 Å². The smallest absolute Gasteiger partial charge is 0.224 e. The molecule has 0 aliphatic carbocycles. The molecule has 0 spiro atoms. The Labute approximate surface area is 154 Å². The van der Waals surface area contributed by atoms with Crippen molar-refractivity contribution < 1.29 is 9.53 Å². The molecule has 1 aromatic carbocycles. The first kappa shape index (κ1) is 17.4. The number of nitrogens with one attached hydrogen (secondary N) is 1. The summed E-state index contributed by atoms with van der Waals surface area (Å²) in [6.07, 6.45) is 4.44. The molecule has 0 fully saturated rings. The van der Waals surface area contributed by atoms with Crippen LogP contribution in [0.15, 0.2) is 48.1 Å². The van der Waals surface area contributed by atoms with Crippen LogP contribution in [-0.4, -0.2) is 23.0 Å². The van der Waals surface area contributed by atoms with Crippen molar-refractivity contribution in [3.05, 3.63) is 58.1 Å². The number of halogens is 1. The number of aryl methyl sites for hydroxylation is 1. The second kappa shape index (κ2) is 8.09. The second-order valence-electron chi connectivity index (χ2n) is 5.27. The number of anilines is 1. The van der Waals surface area contributed by atoms with Crippen molar-refractivity contribution >= 4 is 34.5 Å². The molecule has 3 aromatic rings. The van der Waals surface area contributed by atoms with E-state index < -0.39 is 0 Å². The normalized spacial score (nSPS) is 10.5. The molecule has 7 heteroatoms. The molecule has 5 nitrogen and oxygen atoms in total. The maximum Gasteiger partial charge on any atom is 0.224 e. The van der Waals surface area contributed by atoms with Crippen molar-refractivity contribution in [1.82, 2.24) is 9.97 Å². The number of thiazole rings is 1. The first-order valence-corrected chi connectivity index (χ1v) is 8.89. The topological polar surface area (TPSA) is 64.1 Å². The standard InChI is InChI=1S/C18H16ClN3O2S/c1-24-16-5-4-13(9-14(16)19)21-17(23)6-7-18-22-15(11-25-18)12-3-2-8-20-10-12/h2-5,8-11H,6-7H2,1H3,(H,21,23). The maximum absolute atomic E-state index is 12.1. The molecule has 0 atom stereocenters. The Morgan fingerprint density at radius 1 is 1.36 bits per heavy atom. The number of carbonyl (C=O) groups is 1. The van der Waals surface area contributed by atoms with Crippen LogP contribution in [0.2, 0.25) is 5.02 Å². The van der Waals surface area contributed by atoms with E-state index in [0.717, 1.165) is 16.3 Å².